The van der Waals surface area contributed by atoms with Gasteiger partial charge in [0.1, 0.15) is 11.5 Å². The molecule has 0 aliphatic heterocycles. The van der Waals surface area contributed by atoms with Crippen molar-refractivity contribution in [3.8, 4) is 32.4 Å². The van der Waals surface area contributed by atoms with Crippen molar-refractivity contribution in [1.29, 1.82) is 0 Å². The van der Waals surface area contributed by atoms with Crippen molar-refractivity contribution in [3.63, 3.8) is 0 Å². The van der Waals surface area contributed by atoms with Crippen LogP contribution in [0.5, 0.6) is 0 Å². The third-order valence-corrected chi connectivity index (χ3v) is 4.95. The van der Waals surface area contributed by atoms with Gasteiger partial charge in [0, 0.05) is 0 Å². The minimum atomic E-state index is 0.919. The number of hydrogen-bond acceptors (Lipinski definition) is 4. The Morgan fingerprint density at radius 3 is 1.60 bits per heavy atom. The van der Waals surface area contributed by atoms with Crippen molar-refractivity contribution in [2.24, 2.45) is 0 Å². The molecule has 98 valence electrons. The Kier molecular flexibility index (Phi) is 2.83. The molecule has 4 heteroatoms. The summed E-state index contributed by atoms with van der Waals surface area (Å²) in [4.78, 5) is 2.30. The maximum Gasteiger partial charge on any atom is 0.143 e. The molecule has 4 aromatic heterocycles. The van der Waals surface area contributed by atoms with Gasteiger partial charge in [-0.05, 0) is 58.3 Å². The summed E-state index contributed by atoms with van der Waals surface area (Å²) >= 11 is 3.39. The Morgan fingerprint density at radius 1 is 0.700 bits per heavy atom. The Labute approximate surface area is 123 Å². The highest BCUT2D eigenvalue weighted by atomic mass is 32.1. The zero-order valence-electron chi connectivity index (χ0n) is 10.4. The van der Waals surface area contributed by atoms with Gasteiger partial charge in [0.15, 0.2) is 0 Å². The molecule has 0 saturated heterocycles. The van der Waals surface area contributed by atoms with Gasteiger partial charge >= 0.3 is 0 Å². The first kappa shape index (κ1) is 11.8. The van der Waals surface area contributed by atoms with Crippen LogP contribution in [0.1, 0.15) is 0 Å². The molecule has 0 bridgehead atoms. The van der Waals surface area contributed by atoms with E-state index < -0.39 is 0 Å². The SMILES string of the molecule is c1coc(-c2cc(-c3csc(-c4ccco4)c3)cs2)c1. The zero-order chi connectivity index (χ0) is 13.4. The van der Waals surface area contributed by atoms with Crippen molar-refractivity contribution in [1.82, 2.24) is 0 Å². The fourth-order valence-corrected chi connectivity index (χ4v) is 3.84. The van der Waals surface area contributed by atoms with E-state index in [4.69, 9.17) is 8.83 Å². The van der Waals surface area contributed by atoms with Crippen molar-refractivity contribution < 1.29 is 8.83 Å². The summed E-state index contributed by atoms with van der Waals surface area (Å²) in [6, 6.07) is 12.1. The first-order valence-electron chi connectivity index (χ1n) is 6.15. The molecular weight excluding hydrogens is 288 g/mol. The molecule has 0 saturated carbocycles. The third-order valence-electron chi connectivity index (χ3n) is 3.06. The van der Waals surface area contributed by atoms with Gasteiger partial charge in [-0.15, -0.1) is 22.7 Å². The Bertz CT molecular complexity index is 734. The molecule has 0 fully saturated rings. The van der Waals surface area contributed by atoms with Crippen LogP contribution >= 0.6 is 22.7 Å². The second-order valence-corrected chi connectivity index (χ2v) is 6.18. The van der Waals surface area contributed by atoms with Crippen molar-refractivity contribution in [3.05, 3.63) is 59.7 Å². The monoisotopic (exact) mass is 298 g/mol. The topological polar surface area (TPSA) is 26.3 Å². The van der Waals surface area contributed by atoms with E-state index in [0.29, 0.717) is 0 Å². The van der Waals surface area contributed by atoms with Crippen LogP contribution < -0.4 is 0 Å². The second-order valence-electron chi connectivity index (χ2n) is 4.35. The van der Waals surface area contributed by atoms with E-state index in [1.165, 1.54) is 11.1 Å². The van der Waals surface area contributed by atoms with Gasteiger partial charge < -0.3 is 8.83 Å². The minimum absolute atomic E-state index is 0.919. The molecule has 0 atom stereocenters. The van der Waals surface area contributed by atoms with Crippen LogP contribution in [0.15, 0.2) is 68.5 Å². The van der Waals surface area contributed by atoms with Crippen LogP contribution in [0, 0.1) is 0 Å². The van der Waals surface area contributed by atoms with Crippen molar-refractivity contribution in [2.45, 2.75) is 0 Å². The van der Waals surface area contributed by atoms with E-state index in [-0.39, 0.29) is 0 Å². The maximum atomic E-state index is 5.43. The van der Waals surface area contributed by atoms with E-state index in [2.05, 4.69) is 22.9 Å². The molecule has 0 radical (unpaired) electrons. The van der Waals surface area contributed by atoms with Gasteiger partial charge in [0.2, 0.25) is 0 Å². The summed E-state index contributed by atoms with van der Waals surface area (Å²) in [5.41, 5.74) is 2.44. The molecular formula is C16H10O2S2. The van der Waals surface area contributed by atoms with E-state index in [1.807, 2.05) is 24.3 Å². The number of furan rings is 2. The first-order chi connectivity index (χ1) is 9.90. The van der Waals surface area contributed by atoms with E-state index >= 15 is 0 Å². The summed E-state index contributed by atoms with van der Waals surface area (Å²) < 4.78 is 10.9. The summed E-state index contributed by atoms with van der Waals surface area (Å²) in [5, 5.41) is 4.32. The van der Waals surface area contributed by atoms with Crippen molar-refractivity contribution >= 4 is 22.7 Å². The van der Waals surface area contributed by atoms with E-state index in [9.17, 15) is 0 Å². The van der Waals surface area contributed by atoms with Gasteiger partial charge in [0.25, 0.3) is 0 Å². The van der Waals surface area contributed by atoms with Crippen molar-refractivity contribution in [2.75, 3.05) is 0 Å². The van der Waals surface area contributed by atoms with Crippen LogP contribution in [-0.2, 0) is 0 Å². The highest BCUT2D eigenvalue weighted by Gasteiger charge is 2.10. The van der Waals surface area contributed by atoms with E-state index in [1.54, 1.807) is 35.2 Å². The molecule has 4 aromatic rings. The zero-order valence-corrected chi connectivity index (χ0v) is 12.0. The Morgan fingerprint density at radius 2 is 1.20 bits per heavy atom. The number of rotatable bonds is 3. The molecule has 0 aliphatic carbocycles. The fourth-order valence-electron chi connectivity index (χ4n) is 2.07. The van der Waals surface area contributed by atoms with Crippen LogP contribution in [-0.4, -0.2) is 0 Å². The molecule has 0 aliphatic rings. The average Bonchev–Trinajstić information content (AvgIpc) is 3.22. The highest BCUT2D eigenvalue weighted by molar-refractivity contribution is 7.14. The third kappa shape index (κ3) is 2.03. The van der Waals surface area contributed by atoms with Gasteiger partial charge in [-0.25, -0.2) is 0 Å². The first-order valence-corrected chi connectivity index (χ1v) is 7.91. The lowest BCUT2D eigenvalue weighted by Crippen LogP contribution is -1.67. The molecule has 0 aromatic carbocycles. The van der Waals surface area contributed by atoms with Crippen LogP contribution in [0.4, 0.5) is 0 Å². The van der Waals surface area contributed by atoms with E-state index in [0.717, 1.165) is 21.3 Å². The van der Waals surface area contributed by atoms with Crippen LogP contribution in [0.3, 0.4) is 0 Å². The molecule has 2 nitrogen and oxygen atoms in total. The predicted molar refractivity (Wildman–Crippen MR) is 83.0 cm³/mol. The van der Waals surface area contributed by atoms with Crippen LogP contribution in [0.2, 0.25) is 0 Å². The predicted octanol–water partition coefficient (Wildman–Crippen LogP) is 6.00. The highest BCUT2D eigenvalue weighted by Crippen LogP contribution is 2.37. The lowest BCUT2D eigenvalue weighted by atomic mass is 10.1. The fraction of sp³-hybridized carbons (Fsp3) is 0. The second kappa shape index (κ2) is 4.81. The summed E-state index contributed by atoms with van der Waals surface area (Å²) in [5.74, 6) is 1.84. The number of thiophene rings is 2. The molecule has 0 amide bonds. The molecule has 0 spiro atoms. The minimum Gasteiger partial charge on any atom is -0.464 e. The molecule has 0 unspecified atom stereocenters. The molecule has 4 heterocycles. The summed E-state index contributed by atoms with van der Waals surface area (Å²) in [6.45, 7) is 0. The van der Waals surface area contributed by atoms with Crippen LogP contribution in [0.25, 0.3) is 32.4 Å². The summed E-state index contributed by atoms with van der Waals surface area (Å²) in [6.07, 6.45) is 3.41. The molecule has 20 heavy (non-hydrogen) atoms. The largest absolute Gasteiger partial charge is 0.464 e. The van der Waals surface area contributed by atoms with Gasteiger partial charge in [-0.3, -0.25) is 0 Å². The normalized spacial score (nSPS) is 11.0. The number of hydrogen-bond donors (Lipinski definition) is 0. The Hall–Kier alpha value is -2.04. The summed E-state index contributed by atoms with van der Waals surface area (Å²) in [7, 11) is 0. The Balaban J connectivity index is 1.68. The molecule has 4 rings (SSSR count). The smallest absolute Gasteiger partial charge is 0.143 e. The van der Waals surface area contributed by atoms with Gasteiger partial charge in [0.05, 0.1) is 22.3 Å². The van der Waals surface area contributed by atoms with Gasteiger partial charge in [-0.1, -0.05) is 0 Å². The van der Waals surface area contributed by atoms with Gasteiger partial charge in [-0.2, -0.15) is 0 Å². The lowest BCUT2D eigenvalue weighted by Gasteiger charge is -1.90. The average molecular weight is 298 g/mol. The quantitative estimate of drug-likeness (QED) is 0.464. The lowest BCUT2D eigenvalue weighted by molar-refractivity contribution is 0.583. The maximum absolute atomic E-state index is 5.43. The molecule has 0 N–H and O–H groups in total. The standard InChI is InChI=1S/C16H10O2S2/c1-3-13(17-5-1)15-7-11(9-19-15)12-8-16(20-10-12)14-4-2-6-18-14/h1-10H.